The number of imide groups is 1. The number of hydrogen-bond acceptors (Lipinski definition) is 11. The molecule has 4 fully saturated rings. The summed E-state index contributed by atoms with van der Waals surface area (Å²) < 4.78 is 47.6. The van der Waals surface area contributed by atoms with E-state index in [1.807, 2.05) is 11.8 Å². The summed E-state index contributed by atoms with van der Waals surface area (Å²) in [5.41, 5.74) is 0.551. The molecule has 0 radical (unpaired) electrons. The number of aryl methyl sites for hydroxylation is 1. The van der Waals surface area contributed by atoms with Crippen LogP contribution < -0.4 is 29.9 Å². The smallest absolute Gasteiger partial charge is 0.461 e. The number of nitrogens with one attached hydrogen (secondary N) is 2. The predicted octanol–water partition coefficient (Wildman–Crippen LogP) is 5.34. The zero-order valence-corrected chi connectivity index (χ0v) is 31.2. The first-order valence-corrected chi connectivity index (χ1v) is 19.0. The lowest BCUT2D eigenvalue weighted by molar-refractivity contribution is -0.124. The fourth-order valence-corrected chi connectivity index (χ4v) is 9.11. The summed E-state index contributed by atoms with van der Waals surface area (Å²) in [5, 5.41) is 6.68. The number of anilines is 2. The number of nitrogens with zero attached hydrogens (tertiary/aromatic N) is 5. The van der Waals surface area contributed by atoms with Crippen molar-refractivity contribution < 1.29 is 37.4 Å². The molecule has 3 atom stereocenters. The molecule has 0 aliphatic carbocycles. The van der Waals surface area contributed by atoms with Gasteiger partial charge in [0.25, 0.3) is 5.91 Å². The Morgan fingerprint density at radius 3 is 2.65 bits per heavy atom. The average molecular weight is 748 g/mol. The van der Waals surface area contributed by atoms with Crippen molar-refractivity contribution in [3.05, 3.63) is 46.9 Å². The second-order valence-electron chi connectivity index (χ2n) is 16.3. The minimum atomic E-state index is -1.08. The summed E-state index contributed by atoms with van der Waals surface area (Å²) >= 11 is 0. The van der Waals surface area contributed by atoms with Crippen molar-refractivity contribution in [3.63, 3.8) is 0 Å². The maximum Gasteiger partial charge on any atom is 0.514 e. The molecule has 0 unspecified atom stereocenters. The molecule has 3 amide bonds. The molecule has 54 heavy (non-hydrogen) atoms. The predicted molar refractivity (Wildman–Crippen MR) is 196 cm³/mol. The number of amides is 3. The molecular formula is C39H47F2N7O6. The van der Waals surface area contributed by atoms with Crippen molar-refractivity contribution in [1.82, 2.24) is 25.5 Å². The first-order chi connectivity index (χ1) is 25.7. The van der Waals surface area contributed by atoms with Crippen LogP contribution >= 0.6 is 0 Å². The molecule has 0 bridgehead atoms. The second-order valence-corrected chi connectivity index (χ2v) is 16.3. The normalized spacial score (nSPS) is 25.5. The number of benzene rings is 2. The molecule has 2 N–H and O–H groups in total. The Labute approximate surface area is 312 Å². The van der Waals surface area contributed by atoms with E-state index < -0.39 is 35.0 Å². The van der Waals surface area contributed by atoms with Crippen molar-refractivity contribution in [2.45, 2.75) is 102 Å². The van der Waals surface area contributed by atoms with Crippen LogP contribution in [-0.2, 0) is 28.9 Å². The quantitative estimate of drug-likeness (QED) is 0.184. The Morgan fingerprint density at radius 1 is 1.07 bits per heavy atom. The number of urea groups is 1. The molecular weight excluding hydrogens is 700 g/mol. The molecule has 5 aliphatic heterocycles. The summed E-state index contributed by atoms with van der Waals surface area (Å²) in [4.78, 5) is 54.3. The Bertz CT molecular complexity index is 2030. The third-order valence-electron chi connectivity index (χ3n) is 11.5. The minimum Gasteiger partial charge on any atom is -0.461 e. The molecule has 0 saturated carbocycles. The van der Waals surface area contributed by atoms with Gasteiger partial charge in [0.1, 0.15) is 41.3 Å². The number of rotatable bonds is 7. The molecule has 8 rings (SSSR count). The summed E-state index contributed by atoms with van der Waals surface area (Å²) in [5.74, 6) is 0.210. The number of ether oxygens (including phenoxy) is 3. The lowest BCUT2D eigenvalue weighted by atomic mass is 9.88. The van der Waals surface area contributed by atoms with Gasteiger partial charge in [-0.1, -0.05) is 13.0 Å². The number of aromatic nitrogens is 2. The number of carbonyl (C=O) groups is 3. The van der Waals surface area contributed by atoms with Crippen LogP contribution in [0.2, 0.25) is 0 Å². The van der Waals surface area contributed by atoms with Gasteiger partial charge in [0.15, 0.2) is 0 Å². The van der Waals surface area contributed by atoms with Crippen LogP contribution in [0.25, 0.3) is 10.8 Å². The molecule has 13 nitrogen and oxygen atoms in total. The van der Waals surface area contributed by atoms with E-state index in [0.717, 1.165) is 24.9 Å². The van der Waals surface area contributed by atoms with Crippen LogP contribution in [0, 0.1) is 5.82 Å². The highest BCUT2D eigenvalue weighted by atomic mass is 19.1. The van der Waals surface area contributed by atoms with Gasteiger partial charge in [0.05, 0.1) is 24.3 Å². The van der Waals surface area contributed by atoms with E-state index in [1.54, 1.807) is 39.0 Å². The molecule has 2 aromatic carbocycles. The monoisotopic (exact) mass is 747 g/mol. The molecule has 288 valence electrons. The second kappa shape index (κ2) is 13.5. The summed E-state index contributed by atoms with van der Waals surface area (Å²) in [6.45, 7) is 10.3. The molecule has 5 aliphatic rings. The average Bonchev–Trinajstić information content (AvgIpc) is 3.73. The summed E-state index contributed by atoms with van der Waals surface area (Å²) in [6, 6.07) is 6.21. The van der Waals surface area contributed by atoms with Crippen LogP contribution in [0.1, 0.15) is 76.6 Å². The van der Waals surface area contributed by atoms with E-state index in [9.17, 15) is 18.8 Å². The fraction of sp³-hybridized carbons (Fsp3) is 0.564. The minimum absolute atomic E-state index is 0.154. The van der Waals surface area contributed by atoms with E-state index >= 15 is 4.39 Å². The highest BCUT2D eigenvalue weighted by Gasteiger charge is 2.51. The molecule has 15 heteroatoms. The van der Waals surface area contributed by atoms with Gasteiger partial charge in [0, 0.05) is 48.8 Å². The van der Waals surface area contributed by atoms with Crippen molar-refractivity contribution >= 4 is 40.4 Å². The number of halogens is 2. The van der Waals surface area contributed by atoms with Crippen molar-refractivity contribution in [3.8, 4) is 11.8 Å². The number of fused-ring (bicyclic) bond motifs is 3. The maximum atomic E-state index is 15.4. The van der Waals surface area contributed by atoms with E-state index in [1.165, 1.54) is 6.07 Å². The van der Waals surface area contributed by atoms with E-state index in [2.05, 4.69) is 20.4 Å². The van der Waals surface area contributed by atoms with E-state index in [4.69, 9.17) is 24.2 Å². The zero-order valence-electron chi connectivity index (χ0n) is 31.2. The summed E-state index contributed by atoms with van der Waals surface area (Å²) in [6.07, 6.45) is 2.52. The van der Waals surface area contributed by atoms with Crippen molar-refractivity contribution in [2.75, 3.05) is 49.1 Å². The number of alkyl halides is 1. The van der Waals surface area contributed by atoms with Crippen LogP contribution in [-0.4, -0.2) is 95.1 Å². The highest BCUT2D eigenvalue weighted by molar-refractivity contribution is 6.07. The van der Waals surface area contributed by atoms with E-state index in [-0.39, 0.29) is 36.6 Å². The molecule has 4 saturated heterocycles. The highest BCUT2D eigenvalue weighted by Crippen LogP contribution is 2.42. The third-order valence-corrected chi connectivity index (χ3v) is 11.5. The Morgan fingerprint density at radius 2 is 1.89 bits per heavy atom. The first kappa shape index (κ1) is 36.2. The van der Waals surface area contributed by atoms with Gasteiger partial charge in [0.2, 0.25) is 0 Å². The summed E-state index contributed by atoms with van der Waals surface area (Å²) in [7, 11) is 0. The Kier molecular flexibility index (Phi) is 9.05. The largest absolute Gasteiger partial charge is 0.514 e. The number of hydrogen-bond donors (Lipinski definition) is 2. The van der Waals surface area contributed by atoms with Gasteiger partial charge in [-0.05, 0) is 88.9 Å². The van der Waals surface area contributed by atoms with Crippen molar-refractivity contribution in [2.24, 2.45) is 0 Å². The first-order valence-electron chi connectivity index (χ1n) is 19.0. The lowest BCUT2D eigenvalue weighted by Crippen LogP contribution is -2.59. The molecule has 1 aromatic heterocycles. The Hall–Kier alpha value is -4.79. The zero-order chi connectivity index (χ0) is 38.0. The van der Waals surface area contributed by atoms with Gasteiger partial charge < -0.3 is 29.3 Å². The lowest BCUT2D eigenvalue weighted by Gasteiger charge is -2.40. The van der Waals surface area contributed by atoms with Gasteiger partial charge in [-0.3, -0.25) is 15.0 Å². The van der Waals surface area contributed by atoms with Crippen LogP contribution in [0.15, 0.2) is 24.3 Å². The third kappa shape index (κ3) is 6.64. The number of piperidine rings is 1. The van der Waals surface area contributed by atoms with Crippen LogP contribution in [0.3, 0.4) is 0 Å². The molecule has 3 aromatic rings. The Balaban J connectivity index is 1.17. The topological polar surface area (TPSA) is 138 Å². The SMILES string of the molecule is CCc1c(F)ccc2cc(OC(=O)OC(C)(C)C)cc(N3CCc4c(nc(OC[C@@]56CCCN5C[C@H](F)C6)nc4N4CCC[C@]5(C4)NC(=O)NC5=O)C3)c12. The van der Waals surface area contributed by atoms with E-state index in [0.29, 0.717) is 91.8 Å². The van der Waals surface area contributed by atoms with Gasteiger partial charge >= 0.3 is 18.2 Å². The standard InChI is InChI=1S/C39H47F2N7O6/c1-5-26-28(41)9-8-23-16-25(53-36(51)54-37(2,3)4)17-30(31(23)26)46-15-10-27-29(20-46)42-35(52-22-38-11-6-14-48(38)19-24(40)18-38)43-32(27)47-13-7-12-39(21-47)33(49)44-34(50)45-39/h8-9,16-17,24H,5-7,10-15,18-22H2,1-4H3,(H2,44,45,49,50)/t24-,38+,39-/m1/s1. The van der Waals surface area contributed by atoms with Crippen LogP contribution in [0.4, 0.5) is 29.9 Å². The molecule has 6 heterocycles. The van der Waals surface area contributed by atoms with Gasteiger partial charge in [-0.15, -0.1) is 0 Å². The van der Waals surface area contributed by atoms with Crippen LogP contribution in [0.5, 0.6) is 11.8 Å². The maximum absolute atomic E-state index is 15.4. The van der Waals surface area contributed by atoms with Gasteiger partial charge in [-0.25, -0.2) is 18.4 Å². The molecule has 1 spiro atoms. The van der Waals surface area contributed by atoms with Crippen molar-refractivity contribution in [1.29, 1.82) is 0 Å². The number of carbonyl (C=O) groups excluding carboxylic acids is 3. The van der Waals surface area contributed by atoms with Gasteiger partial charge in [-0.2, -0.15) is 9.97 Å². The fourth-order valence-electron chi connectivity index (χ4n) is 9.11.